The van der Waals surface area contributed by atoms with Gasteiger partial charge in [-0.3, -0.25) is 0 Å². The van der Waals surface area contributed by atoms with Gasteiger partial charge < -0.3 is 18.9 Å². The Labute approximate surface area is 152 Å². The molecule has 1 saturated heterocycles. The molecule has 0 spiro atoms. The number of benzene rings is 1. The second kappa shape index (κ2) is 7.97. The molecule has 1 aromatic carbocycles. The van der Waals surface area contributed by atoms with Gasteiger partial charge in [-0.1, -0.05) is 13.8 Å². The molecule has 1 fully saturated rings. The zero-order chi connectivity index (χ0) is 20.4. The first kappa shape index (κ1) is 21.4. The van der Waals surface area contributed by atoms with Crippen LogP contribution in [-0.2, 0) is 14.2 Å². The Morgan fingerprint density at radius 3 is 1.85 bits per heavy atom. The molecule has 2 rings (SSSR count). The molecule has 1 aliphatic rings. The van der Waals surface area contributed by atoms with E-state index in [4.69, 9.17) is 14.2 Å². The molecule has 0 unspecified atom stereocenters. The molecule has 0 atom stereocenters. The highest BCUT2D eigenvalue weighted by molar-refractivity contribution is 5.64. The second-order valence-corrected chi connectivity index (χ2v) is 6.46. The standard InChI is InChI=1S/C17H19F5O5/c1-4-16(3)25-7-17(5-2,8-26-16)6-24-15(23)27-14-12(21)10(19)9(18)11(20)13(14)22/h4-8H2,1-3H3. The number of rotatable bonds is 5. The fourth-order valence-corrected chi connectivity index (χ4v) is 2.29. The monoisotopic (exact) mass is 398 g/mol. The maximum absolute atomic E-state index is 13.5. The summed E-state index contributed by atoms with van der Waals surface area (Å²) in [7, 11) is 0. The summed E-state index contributed by atoms with van der Waals surface area (Å²) < 4.78 is 86.6. The third-order valence-electron chi connectivity index (χ3n) is 4.61. The van der Waals surface area contributed by atoms with Gasteiger partial charge in [0, 0.05) is 0 Å². The summed E-state index contributed by atoms with van der Waals surface area (Å²) >= 11 is 0. The molecule has 152 valence electrons. The van der Waals surface area contributed by atoms with Gasteiger partial charge in [-0.25, -0.2) is 18.0 Å². The second-order valence-electron chi connectivity index (χ2n) is 6.46. The Balaban J connectivity index is 2.05. The van der Waals surface area contributed by atoms with Crippen molar-refractivity contribution in [1.29, 1.82) is 0 Å². The molecule has 1 heterocycles. The first-order valence-corrected chi connectivity index (χ1v) is 8.22. The summed E-state index contributed by atoms with van der Waals surface area (Å²) in [5.74, 6) is -13.8. The van der Waals surface area contributed by atoms with Crippen LogP contribution in [0.4, 0.5) is 26.7 Å². The molecule has 1 aliphatic heterocycles. The lowest BCUT2D eigenvalue weighted by molar-refractivity contribution is -0.300. The lowest BCUT2D eigenvalue weighted by Gasteiger charge is -2.43. The molecule has 0 N–H and O–H groups in total. The highest BCUT2D eigenvalue weighted by Gasteiger charge is 2.41. The van der Waals surface area contributed by atoms with Gasteiger partial charge in [-0.05, 0) is 19.8 Å². The van der Waals surface area contributed by atoms with E-state index in [0.717, 1.165) is 0 Å². The zero-order valence-electron chi connectivity index (χ0n) is 15.0. The van der Waals surface area contributed by atoms with Gasteiger partial charge in [0.1, 0.15) is 6.61 Å². The van der Waals surface area contributed by atoms with Crippen molar-refractivity contribution >= 4 is 6.16 Å². The van der Waals surface area contributed by atoms with Crippen molar-refractivity contribution in [2.75, 3.05) is 19.8 Å². The van der Waals surface area contributed by atoms with E-state index in [2.05, 4.69) is 4.74 Å². The van der Waals surface area contributed by atoms with Crippen LogP contribution in [0.15, 0.2) is 0 Å². The summed E-state index contributed by atoms with van der Waals surface area (Å²) in [5, 5.41) is 0. The van der Waals surface area contributed by atoms with Gasteiger partial charge in [0.15, 0.2) is 5.79 Å². The van der Waals surface area contributed by atoms with Crippen LogP contribution in [-0.4, -0.2) is 31.8 Å². The Morgan fingerprint density at radius 2 is 1.41 bits per heavy atom. The van der Waals surface area contributed by atoms with Crippen molar-refractivity contribution in [3.05, 3.63) is 29.1 Å². The number of hydrogen-bond acceptors (Lipinski definition) is 5. The highest BCUT2D eigenvalue weighted by atomic mass is 19.2. The van der Waals surface area contributed by atoms with E-state index in [-0.39, 0.29) is 19.8 Å². The van der Waals surface area contributed by atoms with Crippen LogP contribution < -0.4 is 4.74 Å². The number of hydrogen-bond donors (Lipinski definition) is 0. The number of ether oxygens (including phenoxy) is 4. The average Bonchev–Trinajstić information content (AvgIpc) is 2.68. The minimum atomic E-state index is -2.36. The van der Waals surface area contributed by atoms with Crippen molar-refractivity contribution in [1.82, 2.24) is 0 Å². The fraction of sp³-hybridized carbons (Fsp3) is 0.588. The van der Waals surface area contributed by atoms with Gasteiger partial charge in [-0.2, -0.15) is 8.78 Å². The lowest BCUT2D eigenvalue weighted by atomic mass is 9.87. The minimum absolute atomic E-state index is 0.184. The van der Waals surface area contributed by atoms with Crippen molar-refractivity contribution < 1.29 is 45.7 Å². The molecule has 0 saturated carbocycles. The van der Waals surface area contributed by atoms with Crippen molar-refractivity contribution in [3.63, 3.8) is 0 Å². The van der Waals surface area contributed by atoms with Crippen molar-refractivity contribution in [2.24, 2.45) is 5.41 Å². The van der Waals surface area contributed by atoms with Gasteiger partial charge in [0.2, 0.25) is 34.8 Å². The normalized spacial score (nSPS) is 25.3. The molecule has 0 amide bonds. The van der Waals surface area contributed by atoms with E-state index in [1.54, 1.807) is 13.8 Å². The largest absolute Gasteiger partial charge is 0.514 e. The van der Waals surface area contributed by atoms with E-state index in [9.17, 15) is 26.7 Å². The molecule has 0 bridgehead atoms. The van der Waals surface area contributed by atoms with E-state index in [0.29, 0.717) is 12.8 Å². The van der Waals surface area contributed by atoms with Crippen molar-refractivity contribution in [2.45, 2.75) is 39.4 Å². The molecule has 10 heteroatoms. The van der Waals surface area contributed by atoms with E-state index >= 15 is 0 Å². The average molecular weight is 398 g/mol. The summed E-state index contributed by atoms with van der Waals surface area (Å²) in [6.07, 6.45) is -0.548. The number of carbonyl (C=O) groups is 1. The minimum Gasteiger partial charge on any atom is -0.433 e. The Hall–Kier alpha value is -1.94. The first-order chi connectivity index (χ1) is 12.6. The van der Waals surface area contributed by atoms with E-state index < -0.39 is 52.2 Å². The van der Waals surface area contributed by atoms with Crippen LogP contribution in [0.1, 0.15) is 33.6 Å². The number of halogens is 5. The Kier molecular flexibility index (Phi) is 6.31. The topological polar surface area (TPSA) is 54.0 Å². The van der Waals surface area contributed by atoms with Crippen LogP contribution in [0.25, 0.3) is 0 Å². The highest BCUT2D eigenvalue weighted by Crippen LogP contribution is 2.35. The van der Waals surface area contributed by atoms with Gasteiger partial charge in [0.25, 0.3) is 0 Å². The Bertz CT molecular complexity index is 687. The summed E-state index contributed by atoms with van der Waals surface area (Å²) in [6, 6.07) is 0. The van der Waals surface area contributed by atoms with E-state index in [1.807, 2.05) is 6.92 Å². The SMILES string of the molecule is CCC1(COC(=O)Oc2c(F)c(F)c(F)c(F)c2F)COC(C)(CC)OC1. The van der Waals surface area contributed by atoms with Crippen LogP contribution in [0.5, 0.6) is 5.75 Å². The predicted octanol–water partition coefficient (Wildman–Crippen LogP) is 4.47. The third-order valence-corrected chi connectivity index (χ3v) is 4.61. The maximum Gasteiger partial charge on any atom is 0.514 e. The smallest absolute Gasteiger partial charge is 0.433 e. The molecule has 0 aliphatic carbocycles. The molecular formula is C17H19F5O5. The molecule has 1 aromatic rings. The molecule has 5 nitrogen and oxygen atoms in total. The van der Waals surface area contributed by atoms with Gasteiger partial charge >= 0.3 is 6.16 Å². The summed E-state index contributed by atoms with van der Waals surface area (Å²) in [6.45, 7) is 5.49. The molecule has 0 aromatic heterocycles. The third kappa shape index (κ3) is 4.32. The summed E-state index contributed by atoms with van der Waals surface area (Å²) in [4.78, 5) is 11.7. The van der Waals surface area contributed by atoms with Gasteiger partial charge in [0.05, 0.1) is 18.6 Å². The maximum atomic E-state index is 13.5. The van der Waals surface area contributed by atoms with Crippen LogP contribution in [0.2, 0.25) is 0 Å². The fourth-order valence-electron chi connectivity index (χ4n) is 2.29. The zero-order valence-corrected chi connectivity index (χ0v) is 15.0. The van der Waals surface area contributed by atoms with Crippen LogP contribution in [0.3, 0.4) is 0 Å². The molecular weight excluding hydrogens is 379 g/mol. The lowest BCUT2D eigenvalue weighted by Crippen LogP contribution is -2.50. The van der Waals surface area contributed by atoms with Crippen molar-refractivity contribution in [3.8, 4) is 5.75 Å². The number of carbonyl (C=O) groups excluding carboxylic acids is 1. The first-order valence-electron chi connectivity index (χ1n) is 8.22. The predicted molar refractivity (Wildman–Crippen MR) is 81.5 cm³/mol. The molecule has 27 heavy (non-hydrogen) atoms. The Morgan fingerprint density at radius 1 is 0.926 bits per heavy atom. The summed E-state index contributed by atoms with van der Waals surface area (Å²) in [5.41, 5.74) is -0.732. The quantitative estimate of drug-likeness (QED) is 0.241. The van der Waals surface area contributed by atoms with Crippen LogP contribution >= 0.6 is 0 Å². The molecule has 0 radical (unpaired) electrons. The van der Waals surface area contributed by atoms with Gasteiger partial charge in [-0.15, -0.1) is 0 Å². The van der Waals surface area contributed by atoms with Crippen LogP contribution in [0, 0.1) is 34.5 Å². The van der Waals surface area contributed by atoms with E-state index in [1.165, 1.54) is 0 Å².